The van der Waals surface area contributed by atoms with Gasteiger partial charge in [-0.05, 0) is 34.1 Å². The SMILES string of the molecule is CCCCOCCN=C(NCC)NCCNC(=O)OC(C)(C)C. The summed E-state index contributed by atoms with van der Waals surface area (Å²) in [5.41, 5.74) is -0.480. The quantitative estimate of drug-likeness (QED) is 0.324. The second-order valence-corrected chi connectivity index (χ2v) is 6.08. The van der Waals surface area contributed by atoms with Gasteiger partial charge in [-0.25, -0.2) is 4.79 Å². The molecule has 0 spiro atoms. The van der Waals surface area contributed by atoms with Gasteiger partial charge in [-0.15, -0.1) is 0 Å². The lowest BCUT2D eigenvalue weighted by molar-refractivity contribution is 0.0529. The van der Waals surface area contributed by atoms with Crippen LogP contribution in [-0.4, -0.2) is 57.0 Å². The highest BCUT2D eigenvalue weighted by molar-refractivity contribution is 5.79. The number of aliphatic imine (C=N–C) groups is 1. The molecule has 7 nitrogen and oxygen atoms in total. The van der Waals surface area contributed by atoms with Gasteiger partial charge in [0.05, 0.1) is 13.2 Å². The maximum Gasteiger partial charge on any atom is 0.407 e. The first-order valence-electron chi connectivity index (χ1n) is 8.45. The molecular formula is C16H34N4O3. The molecule has 7 heteroatoms. The number of guanidine groups is 1. The van der Waals surface area contributed by atoms with Gasteiger partial charge in [-0.3, -0.25) is 4.99 Å². The van der Waals surface area contributed by atoms with Gasteiger partial charge in [0.2, 0.25) is 0 Å². The van der Waals surface area contributed by atoms with E-state index in [1.165, 1.54) is 0 Å². The second kappa shape index (κ2) is 13.0. The maximum absolute atomic E-state index is 11.5. The third-order valence-corrected chi connectivity index (χ3v) is 2.58. The molecule has 0 aromatic heterocycles. The Bertz CT molecular complexity index is 341. The number of rotatable bonds is 10. The van der Waals surface area contributed by atoms with Crippen molar-refractivity contribution in [2.45, 2.75) is 53.1 Å². The first kappa shape index (κ1) is 21.5. The van der Waals surface area contributed by atoms with E-state index in [9.17, 15) is 4.79 Å². The van der Waals surface area contributed by atoms with Crippen LogP contribution in [0.3, 0.4) is 0 Å². The number of alkyl carbamates (subject to hydrolysis) is 1. The molecule has 0 saturated heterocycles. The molecule has 3 N–H and O–H groups in total. The van der Waals surface area contributed by atoms with E-state index in [2.05, 4.69) is 27.9 Å². The van der Waals surface area contributed by atoms with Crippen molar-refractivity contribution in [3.05, 3.63) is 0 Å². The largest absolute Gasteiger partial charge is 0.444 e. The third kappa shape index (κ3) is 15.2. The van der Waals surface area contributed by atoms with Gasteiger partial charge in [-0.2, -0.15) is 0 Å². The number of amides is 1. The van der Waals surface area contributed by atoms with E-state index in [0.29, 0.717) is 26.2 Å². The predicted octanol–water partition coefficient (Wildman–Crippen LogP) is 1.88. The Labute approximate surface area is 140 Å². The predicted molar refractivity (Wildman–Crippen MR) is 93.9 cm³/mol. The van der Waals surface area contributed by atoms with Crippen LogP contribution in [0.2, 0.25) is 0 Å². The molecule has 0 aliphatic carbocycles. The van der Waals surface area contributed by atoms with Crippen molar-refractivity contribution < 1.29 is 14.3 Å². The van der Waals surface area contributed by atoms with Gasteiger partial charge >= 0.3 is 6.09 Å². The number of ether oxygens (including phenoxy) is 2. The zero-order valence-electron chi connectivity index (χ0n) is 15.3. The standard InChI is InChI=1S/C16H34N4O3/c1-6-8-12-22-13-11-19-14(17-7-2)18-9-10-20-15(21)23-16(3,4)5/h6-13H2,1-5H3,(H,20,21)(H2,17,18,19). The van der Waals surface area contributed by atoms with Crippen LogP contribution in [0.1, 0.15) is 47.5 Å². The minimum Gasteiger partial charge on any atom is -0.444 e. The topological polar surface area (TPSA) is 84.0 Å². The number of unbranched alkanes of at least 4 members (excludes halogenated alkanes) is 1. The monoisotopic (exact) mass is 330 g/mol. The molecule has 0 heterocycles. The number of nitrogens with one attached hydrogen (secondary N) is 3. The van der Waals surface area contributed by atoms with Crippen LogP contribution in [0.25, 0.3) is 0 Å². The van der Waals surface area contributed by atoms with Gasteiger partial charge in [-0.1, -0.05) is 13.3 Å². The molecule has 1 amide bonds. The smallest absolute Gasteiger partial charge is 0.407 e. The Hall–Kier alpha value is -1.50. The molecule has 0 aliphatic heterocycles. The number of nitrogens with zero attached hydrogens (tertiary/aromatic N) is 1. The molecule has 136 valence electrons. The minimum atomic E-state index is -0.480. The summed E-state index contributed by atoms with van der Waals surface area (Å²) in [6.45, 7) is 13.5. The second-order valence-electron chi connectivity index (χ2n) is 6.08. The molecule has 0 aromatic carbocycles. The fourth-order valence-electron chi connectivity index (χ4n) is 1.57. The number of hydrogen-bond donors (Lipinski definition) is 3. The van der Waals surface area contributed by atoms with Gasteiger partial charge in [0, 0.05) is 26.2 Å². The lowest BCUT2D eigenvalue weighted by Gasteiger charge is -2.19. The van der Waals surface area contributed by atoms with Crippen molar-refractivity contribution in [1.82, 2.24) is 16.0 Å². The van der Waals surface area contributed by atoms with Crippen molar-refractivity contribution in [2.75, 3.05) is 39.4 Å². The summed E-state index contributed by atoms with van der Waals surface area (Å²) in [5.74, 6) is 0.720. The molecule has 0 aromatic rings. The highest BCUT2D eigenvalue weighted by Crippen LogP contribution is 2.05. The summed E-state index contributed by atoms with van der Waals surface area (Å²) in [6.07, 6.45) is 1.81. The van der Waals surface area contributed by atoms with E-state index in [0.717, 1.165) is 32.0 Å². The highest BCUT2D eigenvalue weighted by atomic mass is 16.6. The van der Waals surface area contributed by atoms with Crippen LogP contribution in [0.5, 0.6) is 0 Å². The Balaban J connectivity index is 3.88. The molecule has 0 aliphatic rings. The van der Waals surface area contributed by atoms with Gasteiger partial charge in [0.15, 0.2) is 5.96 Å². The number of carbonyl (C=O) groups is 1. The maximum atomic E-state index is 11.5. The first-order chi connectivity index (χ1) is 10.9. The van der Waals surface area contributed by atoms with E-state index in [-0.39, 0.29) is 0 Å². The van der Waals surface area contributed by atoms with Crippen molar-refractivity contribution >= 4 is 12.1 Å². The lowest BCUT2D eigenvalue weighted by Crippen LogP contribution is -2.42. The molecule has 23 heavy (non-hydrogen) atoms. The Morgan fingerprint density at radius 3 is 2.35 bits per heavy atom. The minimum absolute atomic E-state index is 0.412. The molecular weight excluding hydrogens is 296 g/mol. The van der Waals surface area contributed by atoms with Crippen molar-refractivity contribution in [1.29, 1.82) is 0 Å². The molecule has 0 bridgehead atoms. The van der Waals surface area contributed by atoms with Gasteiger partial charge < -0.3 is 25.4 Å². The number of carbonyl (C=O) groups excluding carboxylic acids is 1. The normalized spacial score (nSPS) is 12.0. The van der Waals surface area contributed by atoms with E-state index >= 15 is 0 Å². The summed E-state index contributed by atoms with van der Waals surface area (Å²) in [6, 6.07) is 0. The lowest BCUT2D eigenvalue weighted by atomic mass is 10.2. The summed E-state index contributed by atoms with van der Waals surface area (Å²) in [5, 5.41) is 9.00. The fourth-order valence-corrected chi connectivity index (χ4v) is 1.57. The summed E-state index contributed by atoms with van der Waals surface area (Å²) in [7, 11) is 0. The highest BCUT2D eigenvalue weighted by Gasteiger charge is 2.15. The van der Waals surface area contributed by atoms with Crippen LogP contribution in [0, 0.1) is 0 Å². The van der Waals surface area contributed by atoms with E-state index in [4.69, 9.17) is 9.47 Å². The van der Waals surface area contributed by atoms with Crippen LogP contribution >= 0.6 is 0 Å². The summed E-state index contributed by atoms with van der Waals surface area (Å²) < 4.78 is 10.6. The van der Waals surface area contributed by atoms with Crippen molar-refractivity contribution in [3.8, 4) is 0 Å². The Morgan fingerprint density at radius 2 is 1.74 bits per heavy atom. The zero-order chi connectivity index (χ0) is 17.6. The molecule has 0 rings (SSSR count). The first-order valence-corrected chi connectivity index (χ1v) is 8.45. The van der Waals surface area contributed by atoms with E-state index in [1.807, 2.05) is 27.7 Å². The van der Waals surface area contributed by atoms with Crippen LogP contribution in [-0.2, 0) is 9.47 Å². The van der Waals surface area contributed by atoms with Crippen molar-refractivity contribution in [2.24, 2.45) is 4.99 Å². The van der Waals surface area contributed by atoms with Crippen LogP contribution < -0.4 is 16.0 Å². The average molecular weight is 330 g/mol. The molecule has 0 atom stereocenters. The Kier molecular flexibility index (Phi) is 12.1. The third-order valence-electron chi connectivity index (χ3n) is 2.58. The molecule has 0 saturated carbocycles. The fraction of sp³-hybridized carbons (Fsp3) is 0.875. The van der Waals surface area contributed by atoms with Crippen LogP contribution in [0.4, 0.5) is 4.79 Å². The molecule has 0 unspecified atom stereocenters. The zero-order valence-corrected chi connectivity index (χ0v) is 15.3. The van der Waals surface area contributed by atoms with E-state index < -0.39 is 11.7 Å². The number of hydrogen-bond acceptors (Lipinski definition) is 4. The summed E-state index contributed by atoms with van der Waals surface area (Å²) in [4.78, 5) is 15.9. The van der Waals surface area contributed by atoms with Gasteiger partial charge in [0.1, 0.15) is 5.60 Å². The van der Waals surface area contributed by atoms with Crippen LogP contribution in [0.15, 0.2) is 4.99 Å². The van der Waals surface area contributed by atoms with Gasteiger partial charge in [0.25, 0.3) is 0 Å². The average Bonchev–Trinajstić information content (AvgIpc) is 2.45. The van der Waals surface area contributed by atoms with Crippen molar-refractivity contribution in [3.63, 3.8) is 0 Å². The molecule has 0 radical (unpaired) electrons. The Morgan fingerprint density at radius 1 is 1.04 bits per heavy atom. The summed E-state index contributed by atoms with van der Waals surface area (Å²) >= 11 is 0. The molecule has 0 fully saturated rings. The van der Waals surface area contributed by atoms with E-state index in [1.54, 1.807) is 0 Å².